The van der Waals surface area contributed by atoms with Gasteiger partial charge in [0.1, 0.15) is 11.9 Å². The molecule has 1 aliphatic heterocycles. The Bertz CT molecular complexity index is 751. The van der Waals surface area contributed by atoms with Gasteiger partial charge in [-0.15, -0.1) is 0 Å². The van der Waals surface area contributed by atoms with Crippen molar-refractivity contribution >= 4 is 5.91 Å². The zero-order chi connectivity index (χ0) is 17.4. The standard InChI is InChI=1S/C17H21FN4O2/c1-10-7-13(8-11(2)15(10)18)17(23)22-6-5-21(4)14(9-22)16-19-12(3)20-24-16/h7-8,14H,5-6,9H2,1-4H3. The Hall–Kier alpha value is -2.28. The van der Waals surface area contributed by atoms with Crippen molar-refractivity contribution in [3.8, 4) is 0 Å². The van der Waals surface area contributed by atoms with Gasteiger partial charge in [0.25, 0.3) is 5.91 Å². The molecule has 0 radical (unpaired) electrons. The van der Waals surface area contributed by atoms with E-state index in [9.17, 15) is 9.18 Å². The minimum atomic E-state index is -0.260. The molecule has 1 fully saturated rings. The Labute approximate surface area is 140 Å². The number of nitrogens with zero attached hydrogens (tertiary/aromatic N) is 4. The Morgan fingerprint density at radius 3 is 2.50 bits per heavy atom. The van der Waals surface area contributed by atoms with Gasteiger partial charge < -0.3 is 9.42 Å². The van der Waals surface area contributed by atoms with Gasteiger partial charge in [-0.2, -0.15) is 4.98 Å². The molecule has 3 rings (SSSR count). The summed E-state index contributed by atoms with van der Waals surface area (Å²) in [5, 5.41) is 3.83. The SMILES string of the molecule is Cc1noc(C2CN(C(=O)c3cc(C)c(F)c(C)c3)CCN2C)n1. The van der Waals surface area contributed by atoms with Crippen LogP contribution in [0.1, 0.15) is 39.2 Å². The highest BCUT2D eigenvalue weighted by Crippen LogP contribution is 2.24. The van der Waals surface area contributed by atoms with E-state index in [-0.39, 0.29) is 17.8 Å². The highest BCUT2D eigenvalue weighted by Gasteiger charge is 2.32. The van der Waals surface area contributed by atoms with E-state index in [1.165, 1.54) is 0 Å². The average molecular weight is 332 g/mol. The minimum Gasteiger partial charge on any atom is -0.338 e. The van der Waals surface area contributed by atoms with Crippen LogP contribution in [-0.4, -0.2) is 52.5 Å². The fourth-order valence-corrected chi connectivity index (χ4v) is 3.03. The summed E-state index contributed by atoms with van der Waals surface area (Å²) < 4.78 is 19.1. The van der Waals surface area contributed by atoms with E-state index in [0.717, 1.165) is 0 Å². The molecule has 128 valence electrons. The highest BCUT2D eigenvalue weighted by molar-refractivity contribution is 5.94. The molecule has 0 bridgehead atoms. The lowest BCUT2D eigenvalue weighted by molar-refractivity contribution is 0.0488. The molecular formula is C17H21FN4O2. The summed E-state index contributed by atoms with van der Waals surface area (Å²) in [5.41, 5.74) is 1.48. The maximum absolute atomic E-state index is 13.8. The van der Waals surface area contributed by atoms with Crippen molar-refractivity contribution < 1.29 is 13.7 Å². The molecule has 1 saturated heterocycles. The van der Waals surface area contributed by atoms with Crippen LogP contribution in [0, 0.1) is 26.6 Å². The van der Waals surface area contributed by atoms with Crippen LogP contribution in [0.3, 0.4) is 0 Å². The molecule has 0 saturated carbocycles. The zero-order valence-corrected chi connectivity index (χ0v) is 14.3. The second-order valence-electron chi connectivity index (χ2n) is 6.35. The van der Waals surface area contributed by atoms with Crippen LogP contribution >= 0.6 is 0 Å². The molecule has 1 aromatic carbocycles. The van der Waals surface area contributed by atoms with Gasteiger partial charge in [0.2, 0.25) is 5.89 Å². The number of aromatic nitrogens is 2. The molecule has 6 nitrogen and oxygen atoms in total. The lowest BCUT2D eigenvalue weighted by atomic mass is 10.0. The van der Waals surface area contributed by atoms with E-state index in [2.05, 4.69) is 15.0 Å². The maximum Gasteiger partial charge on any atom is 0.253 e. The Balaban J connectivity index is 1.83. The van der Waals surface area contributed by atoms with Gasteiger partial charge in [-0.1, -0.05) is 5.16 Å². The number of carbonyl (C=O) groups excluding carboxylic acids is 1. The largest absolute Gasteiger partial charge is 0.338 e. The van der Waals surface area contributed by atoms with Gasteiger partial charge in [0.15, 0.2) is 5.82 Å². The van der Waals surface area contributed by atoms with Crippen molar-refractivity contribution in [1.29, 1.82) is 0 Å². The summed E-state index contributed by atoms with van der Waals surface area (Å²) in [5.74, 6) is 0.727. The van der Waals surface area contributed by atoms with Crippen molar-refractivity contribution in [2.24, 2.45) is 0 Å². The third-order valence-electron chi connectivity index (χ3n) is 4.45. The molecule has 7 heteroatoms. The van der Waals surface area contributed by atoms with Crippen LogP contribution < -0.4 is 0 Å². The van der Waals surface area contributed by atoms with Gasteiger partial charge in [-0.25, -0.2) is 4.39 Å². The monoisotopic (exact) mass is 332 g/mol. The quantitative estimate of drug-likeness (QED) is 0.844. The summed E-state index contributed by atoms with van der Waals surface area (Å²) in [6.45, 7) is 6.89. The normalized spacial score (nSPS) is 18.9. The first-order chi connectivity index (χ1) is 11.4. The van der Waals surface area contributed by atoms with Crippen LogP contribution in [0.25, 0.3) is 0 Å². The van der Waals surface area contributed by atoms with Crippen LogP contribution in [0.2, 0.25) is 0 Å². The van der Waals surface area contributed by atoms with Crippen molar-refractivity contribution in [2.75, 3.05) is 26.7 Å². The number of hydrogen-bond acceptors (Lipinski definition) is 5. The lowest BCUT2D eigenvalue weighted by Crippen LogP contribution is -2.49. The molecule has 24 heavy (non-hydrogen) atoms. The number of piperazine rings is 1. The number of benzene rings is 1. The third-order valence-corrected chi connectivity index (χ3v) is 4.45. The van der Waals surface area contributed by atoms with Crippen molar-refractivity contribution in [2.45, 2.75) is 26.8 Å². The molecule has 1 aliphatic rings. The molecule has 0 spiro atoms. The molecule has 1 amide bonds. The molecule has 2 heterocycles. The zero-order valence-electron chi connectivity index (χ0n) is 14.3. The molecule has 1 atom stereocenters. The summed E-state index contributed by atoms with van der Waals surface area (Å²) in [6.07, 6.45) is 0. The van der Waals surface area contributed by atoms with Gasteiger partial charge in [0.05, 0.1) is 0 Å². The highest BCUT2D eigenvalue weighted by atomic mass is 19.1. The van der Waals surface area contributed by atoms with E-state index in [0.29, 0.717) is 48.0 Å². The molecule has 1 aromatic heterocycles. The summed E-state index contributed by atoms with van der Waals surface area (Å²) in [6, 6.07) is 3.08. The Morgan fingerprint density at radius 1 is 1.25 bits per heavy atom. The number of amides is 1. The van der Waals surface area contributed by atoms with Crippen LogP contribution in [0.4, 0.5) is 4.39 Å². The van der Waals surface area contributed by atoms with E-state index >= 15 is 0 Å². The number of aryl methyl sites for hydroxylation is 3. The van der Waals surface area contributed by atoms with Gasteiger partial charge in [-0.05, 0) is 51.1 Å². The lowest BCUT2D eigenvalue weighted by Gasteiger charge is -2.37. The first kappa shape index (κ1) is 16.6. The average Bonchev–Trinajstić information content (AvgIpc) is 2.98. The first-order valence-electron chi connectivity index (χ1n) is 7.93. The van der Waals surface area contributed by atoms with Gasteiger partial charge >= 0.3 is 0 Å². The van der Waals surface area contributed by atoms with E-state index in [4.69, 9.17) is 4.52 Å². The predicted octanol–water partition coefficient (Wildman–Crippen LogP) is 2.26. The van der Waals surface area contributed by atoms with Crippen LogP contribution in [0.5, 0.6) is 0 Å². The predicted molar refractivity (Wildman–Crippen MR) is 86.2 cm³/mol. The number of carbonyl (C=O) groups is 1. The molecule has 1 unspecified atom stereocenters. The Morgan fingerprint density at radius 2 is 1.92 bits per heavy atom. The van der Waals surface area contributed by atoms with E-state index < -0.39 is 0 Å². The second kappa shape index (κ2) is 6.32. The maximum atomic E-state index is 13.8. The first-order valence-corrected chi connectivity index (χ1v) is 7.93. The van der Waals surface area contributed by atoms with Crippen molar-refractivity contribution in [1.82, 2.24) is 19.9 Å². The number of rotatable bonds is 2. The summed E-state index contributed by atoms with van der Waals surface area (Å²) in [4.78, 5) is 21.0. The molecular weight excluding hydrogens is 311 g/mol. The van der Waals surface area contributed by atoms with Crippen LogP contribution in [-0.2, 0) is 0 Å². The van der Waals surface area contributed by atoms with Crippen LogP contribution in [0.15, 0.2) is 16.7 Å². The smallest absolute Gasteiger partial charge is 0.253 e. The number of halogens is 1. The Kier molecular flexibility index (Phi) is 4.36. The van der Waals surface area contributed by atoms with E-state index in [1.54, 1.807) is 37.8 Å². The van der Waals surface area contributed by atoms with Crippen molar-refractivity contribution in [3.63, 3.8) is 0 Å². The fraction of sp³-hybridized carbons (Fsp3) is 0.471. The topological polar surface area (TPSA) is 62.5 Å². The molecule has 0 aliphatic carbocycles. The second-order valence-corrected chi connectivity index (χ2v) is 6.35. The summed E-state index contributed by atoms with van der Waals surface area (Å²) >= 11 is 0. The third kappa shape index (κ3) is 3.03. The minimum absolute atomic E-state index is 0.101. The van der Waals surface area contributed by atoms with Gasteiger partial charge in [-0.3, -0.25) is 9.69 Å². The molecule has 2 aromatic rings. The number of hydrogen-bond donors (Lipinski definition) is 0. The van der Waals surface area contributed by atoms with Crippen molar-refractivity contribution in [3.05, 3.63) is 46.4 Å². The van der Waals surface area contributed by atoms with E-state index in [1.807, 2.05) is 7.05 Å². The fourth-order valence-electron chi connectivity index (χ4n) is 3.03. The van der Waals surface area contributed by atoms with Gasteiger partial charge in [0, 0.05) is 25.2 Å². The summed E-state index contributed by atoms with van der Waals surface area (Å²) in [7, 11) is 1.97. The number of likely N-dealkylation sites (N-methyl/N-ethyl adjacent to an activating group) is 1. The molecule has 0 N–H and O–H groups in total.